The molecule has 0 aromatic rings. The first-order valence-corrected chi connectivity index (χ1v) is 5.12. The van der Waals surface area contributed by atoms with Crippen molar-refractivity contribution in [2.45, 2.75) is 45.3 Å². The van der Waals surface area contributed by atoms with Crippen molar-refractivity contribution in [1.29, 1.82) is 0 Å². The van der Waals surface area contributed by atoms with Crippen LogP contribution in [-0.2, 0) is 14.3 Å². The molecule has 0 spiro atoms. The minimum absolute atomic E-state index is 0.0838. The van der Waals surface area contributed by atoms with Crippen molar-refractivity contribution in [2.24, 2.45) is 11.8 Å². The average Bonchev–Trinajstić information content (AvgIpc) is 2.37. The number of carbonyl (C=O) groups is 2. The molecule has 0 saturated heterocycles. The van der Waals surface area contributed by atoms with Crippen molar-refractivity contribution in [3.8, 4) is 0 Å². The summed E-state index contributed by atoms with van der Waals surface area (Å²) in [5, 5.41) is 0. The Labute approximate surface area is 83.8 Å². The lowest BCUT2D eigenvalue weighted by atomic mass is 9.98. The second-order valence-electron chi connectivity index (χ2n) is 5.27. The van der Waals surface area contributed by atoms with Crippen LogP contribution in [0.2, 0.25) is 0 Å². The summed E-state index contributed by atoms with van der Waals surface area (Å²) in [6.45, 7) is 5.87. The Balaban J connectivity index is 2.15. The Hall–Kier alpha value is -0.700. The third-order valence-electron chi connectivity index (χ3n) is 2.90. The molecule has 3 nitrogen and oxygen atoms in total. The molecule has 0 aromatic carbocycles. The van der Waals surface area contributed by atoms with Gasteiger partial charge in [0.2, 0.25) is 0 Å². The lowest BCUT2D eigenvalue weighted by Crippen LogP contribution is -2.32. The van der Waals surface area contributed by atoms with Gasteiger partial charge in [0.25, 0.3) is 0 Å². The summed E-state index contributed by atoms with van der Waals surface area (Å²) in [7, 11) is 0. The third-order valence-corrected chi connectivity index (χ3v) is 2.90. The standard InChI is InChI=1S/C11H16O3/c1-11(2,3)14-10-6-4-7(12)9(10)8(13)5-6/h6,9-10H,4-5H2,1-3H3. The van der Waals surface area contributed by atoms with Gasteiger partial charge in [-0.25, -0.2) is 0 Å². The molecule has 2 aliphatic carbocycles. The quantitative estimate of drug-likeness (QED) is 0.594. The summed E-state index contributed by atoms with van der Waals surface area (Å²) >= 11 is 0. The Kier molecular flexibility index (Phi) is 2.03. The number of hydrogen-bond donors (Lipinski definition) is 0. The van der Waals surface area contributed by atoms with E-state index in [1.165, 1.54) is 0 Å². The van der Waals surface area contributed by atoms with Crippen LogP contribution in [0.4, 0.5) is 0 Å². The molecule has 3 heteroatoms. The Morgan fingerprint density at radius 1 is 1.14 bits per heavy atom. The van der Waals surface area contributed by atoms with Gasteiger partial charge in [0.05, 0.1) is 11.7 Å². The molecule has 2 saturated carbocycles. The number of Topliss-reactive ketones (excluding diaryl/α,β-unsaturated/α-hetero) is 2. The van der Waals surface area contributed by atoms with E-state index in [0.29, 0.717) is 12.8 Å². The van der Waals surface area contributed by atoms with Crippen LogP contribution < -0.4 is 0 Å². The predicted octanol–water partition coefficient (Wildman–Crippen LogP) is 1.35. The van der Waals surface area contributed by atoms with E-state index in [9.17, 15) is 9.59 Å². The van der Waals surface area contributed by atoms with Crippen molar-refractivity contribution in [2.75, 3.05) is 0 Å². The molecule has 0 heterocycles. The minimum Gasteiger partial charge on any atom is -0.371 e. The van der Waals surface area contributed by atoms with Crippen molar-refractivity contribution in [3.05, 3.63) is 0 Å². The summed E-state index contributed by atoms with van der Waals surface area (Å²) in [5.74, 6) is -0.126. The molecule has 0 radical (unpaired) electrons. The highest BCUT2D eigenvalue weighted by atomic mass is 16.5. The zero-order valence-electron chi connectivity index (χ0n) is 8.87. The van der Waals surface area contributed by atoms with E-state index in [1.54, 1.807) is 0 Å². The highest BCUT2D eigenvalue weighted by Crippen LogP contribution is 2.43. The molecule has 2 bridgehead atoms. The van der Waals surface area contributed by atoms with Crippen molar-refractivity contribution >= 4 is 11.6 Å². The van der Waals surface area contributed by atoms with E-state index in [1.807, 2.05) is 20.8 Å². The van der Waals surface area contributed by atoms with E-state index in [-0.39, 0.29) is 29.2 Å². The third kappa shape index (κ3) is 1.50. The zero-order valence-corrected chi connectivity index (χ0v) is 8.87. The van der Waals surface area contributed by atoms with Crippen LogP contribution in [0, 0.1) is 11.8 Å². The monoisotopic (exact) mass is 196 g/mol. The van der Waals surface area contributed by atoms with Gasteiger partial charge in [-0.15, -0.1) is 0 Å². The van der Waals surface area contributed by atoms with Crippen LogP contribution in [0.15, 0.2) is 0 Å². The number of hydrogen-bond acceptors (Lipinski definition) is 3. The molecule has 2 fully saturated rings. The van der Waals surface area contributed by atoms with Gasteiger partial charge in [-0.2, -0.15) is 0 Å². The van der Waals surface area contributed by atoms with Gasteiger partial charge in [0.1, 0.15) is 17.5 Å². The number of rotatable bonds is 1. The van der Waals surface area contributed by atoms with E-state index < -0.39 is 5.92 Å². The second kappa shape index (κ2) is 2.89. The summed E-state index contributed by atoms with van der Waals surface area (Å²) in [6.07, 6.45) is 0.934. The fraction of sp³-hybridized carbons (Fsp3) is 0.818. The highest BCUT2D eigenvalue weighted by Gasteiger charge is 2.54. The average molecular weight is 196 g/mol. The van der Waals surface area contributed by atoms with Gasteiger partial charge in [-0.3, -0.25) is 9.59 Å². The molecule has 1 unspecified atom stereocenters. The maximum atomic E-state index is 11.4. The molecule has 2 rings (SSSR count). The number of ether oxygens (including phenoxy) is 1. The van der Waals surface area contributed by atoms with E-state index >= 15 is 0 Å². The molecule has 0 N–H and O–H groups in total. The van der Waals surface area contributed by atoms with Crippen LogP contribution in [0.5, 0.6) is 0 Å². The molecule has 14 heavy (non-hydrogen) atoms. The van der Waals surface area contributed by atoms with Crippen molar-refractivity contribution in [1.82, 2.24) is 0 Å². The van der Waals surface area contributed by atoms with E-state index in [2.05, 4.69) is 0 Å². The first-order chi connectivity index (χ1) is 6.38. The summed E-state index contributed by atoms with van der Waals surface area (Å²) in [6, 6.07) is 0. The SMILES string of the molecule is CC(C)(C)OC1C2CC(=O)C1C(=O)C2. The highest BCUT2D eigenvalue weighted by molar-refractivity contribution is 6.08. The summed E-state index contributed by atoms with van der Waals surface area (Å²) < 4.78 is 5.78. The predicted molar refractivity (Wildman–Crippen MR) is 50.9 cm³/mol. The maximum absolute atomic E-state index is 11.4. The van der Waals surface area contributed by atoms with E-state index in [4.69, 9.17) is 4.74 Å². The number of ketones is 2. The van der Waals surface area contributed by atoms with Crippen molar-refractivity contribution < 1.29 is 14.3 Å². The molecule has 2 aliphatic rings. The molecular weight excluding hydrogens is 180 g/mol. The maximum Gasteiger partial charge on any atom is 0.146 e. The zero-order chi connectivity index (χ0) is 10.5. The first-order valence-electron chi connectivity index (χ1n) is 5.12. The normalized spacial score (nSPS) is 36.9. The Morgan fingerprint density at radius 2 is 1.64 bits per heavy atom. The molecule has 78 valence electrons. The van der Waals surface area contributed by atoms with Crippen LogP contribution >= 0.6 is 0 Å². The van der Waals surface area contributed by atoms with Gasteiger partial charge in [0.15, 0.2) is 0 Å². The molecule has 0 aromatic heterocycles. The minimum atomic E-state index is -0.445. The van der Waals surface area contributed by atoms with Crippen LogP contribution in [0.25, 0.3) is 0 Å². The van der Waals surface area contributed by atoms with Gasteiger partial charge >= 0.3 is 0 Å². The second-order valence-corrected chi connectivity index (χ2v) is 5.27. The van der Waals surface area contributed by atoms with Crippen LogP contribution in [0.3, 0.4) is 0 Å². The topological polar surface area (TPSA) is 43.4 Å². The summed E-state index contributed by atoms with van der Waals surface area (Å²) in [4.78, 5) is 22.9. The fourth-order valence-electron chi connectivity index (χ4n) is 2.47. The van der Waals surface area contributed by atoms with Gasteiger partial charge in [-0.1, -0.05) is 0 Å². The van der Waals surface area contributed by atoms with Crippen LogP contribution in [0.1, 0.15) is 33.6 Å². The lowest BCUT2D eigenvalue weighted by molar-refractivity contribution is -0.135. The van der Waals surface area contributed by atoms with Crippen molar-refractivity contribution in [3.63, 3.8) is 0 Å². The molecule has 0 amide bonds. The molecular formula is C11H16O3. The fourth-order valence-corrected chi connectivity index (χ4v) is 2.47. The molecule has 0 aliphatic heterocycles. The van der Waals surface area contributed by atoms with Gasteiger partial charge < -0.3 is 4.74 Å². The van der Waals surface area contributed by atoms with Crippen LogP contribution in [-0.4, -0.2) is 23.3 Å². The van der Waals surface area contributed by atoms with E-state index in [0.717, 1.165) is 0 Å². The summed E-state index contributed by atoms with van der Waals surface area (Å²) in [5.41, 5.74) is -0.267. The largest absolute Gasteiger partial charge is 0.371 e. The first kappa shape index (κ1) is 9.84. The Bertz CT molecular complexity index is 269. The Morgan fingerprint density at radius 3 is 2.00 bits per heavy atom. The molecule has 1 atom stereocenters. The smallest absolute Gasteiger partial charge is 0.146 e. The lowest BCUT2D eigenvalue weighted by Gasteiger charge is -2.26. The van der Waals surface area contributed by atoms with Gasteiger partial charge in [-0.05, 0) is 20.8 Å². The van der Waals surface area contributed by atoms with Gasteiger partial charge in [0, 0.05) is 18.8 Å². The number of fused-ring (bicyclic) bond motifs is 2. The number of carbonyl (C=O) groups excluding carboxylic acids is 2.